The van der Waals surface area contributed by atoms with Crippen molar-refractivity contribution in [2.75, 3.05) is 25.7 Å². The number of rotatable bonds is 8. The summed E-state index contributed by atoms with van der Waals surface area (Å²) in [5, 5.41) is 0. The van der Waals surface area contributed by atoms with E-state index in [1.165, 1.54) is 5.56 Å². The number of ether oxygens (including phenoxy) is 2. The Balaban J connectivity index is 2.21. The van der Waals surface area contributed by atoms with Crippen LogP contribution in [0.1, 0.15) is 18.9 Å². The Morgan fingerprint density at radius 3 is 2.63 bits per heavy atom. The fourth-order valence-corrected chi connectivity index (χ4v) is 2.96. The lowest BCUT2D eigenvalue weighted by Crippen LogP contribution is -2.21. The maximum Gasteiger partial charge on any atom is 0.356 e. The molecular formula is C15H23O3S+. The molecule has 0 amide bonds. The minimum absolute atomic E-state index is 0.0272. The molecule has 1 aromatic carbocycles. The second-order valence-corrected chi connectivity index (χ2v) is 6.75. The van der Waals surface area contributed by atoms with Crippen molar-refractivity contribution < 1.29 is 14.3 Å². The molecule has 0 saturated heterocycles. The van der Waals surface area contributed by atoms with E-state index in [4.69, 9.17) is 9.47 Å². The Bertz CT molecular complexity index is 367. The van der Waals surface area contributed by atoms with Gasteiger partial charge in [-0.05, 0) is 6.92 Å². The number of esters is 1. The second-order valence-electron chi connectivity index (χ2n) is 4.61. The van der Waals surface area contributed by atoms with Crippen molar-refractivity contribution in [3.63, 3.8) is 0 Å². The Labute approximate surface area is 118 Å². The van der Waals surface area contributed by atoms with Crippen molar-refractivity contribution in [3.8, 4) is 0 Å². The number of benzene rings is 1. The van der Waals surface area contributed by atoms with E-state index in [0.717, 1.165) is 12.2 Å². The normalized spacial score (nSPS) is 13.8. The molecule has 4 heteroatoms. The summed E-state index contributed by atoms with van der Waals surface area (Å²) in [5.74, 6) is 1.32. The molecule has 2 unspecified atom stereocenters. The number of hydrogen-bond donors (Lipinski definition) is 0. The van der Waals surface area contributed by atoms with E-state index in [1.807, 2.05) is 25.1 Å². The van der Waals surface area contributed by atoms with Gasteiger partial charge in [0.1, 0.15) is 5.75 Å². The van der Waals surface area contributed by atoms with Gasteiger partial charge < -0.3 is 9.47 Å². The lowest BCUT2D eigenvalue weighted by Gasteiger charge is -2.09. The third-order valence-corrected chi connectivity index (χ3v) is 4.36. The van der Waals surface area contributed by atoms with Crippen molar-refractivity contribution in [1.29, 1.82) is 0 Å². The van der Waals surface area contributed by atoms with Gasteiger partial charge >= 0.3 is 5.97 Å². The molecule has 0 aliphatic heterocycles. The van der Waals surface area contributed by atoms with Crippen molar-refractivity contribution in [3.05, 3.63) is 35.9 Å². The van der Waals surface area contributed by atoms with Crippen LogP contribution in [-0.4, -0.2) is 37.8 Å². The smallest absolute Gasteiger partial charge is 0.356 e. The first kappa shape index (κ1) is 16.1. The summed E-state index contributed by atoms with van der Waals surface area (Å²) in [6.45, 7) is 2.41. The lowest BCUT2D eigenvalue weighted by molar-refractivity contribution is -0.141. The molecule has 0 saturated carbocycles. The summed E-state index contributed by atoms with van der Waals surface area (Å²) in [6, 6.07) is 10.2. The zero-order valence-corrected chi connectivity index (χ0v) is 12.7. The third kappa shape index (κ3) is 7.23. The van der Waals surface area contributed by atoms with Crippen LogP contribution in [0.2, 0.25) is 0 Å². The van der Waals surface area contributed by atoms with Crippen molar-refractivity contribution in [2.24, 2.45) is 0 Å². The first-order chi connectivity index (χ1) is 9.11. The molecule has 1 rings (SSSR count). The molecule has 2 atom stereocenters. The predicted octanol–water partition coefficient (Wildman–Crippen LogP) is 2.40. The highest BCUT2D eigenvalue weighted by molar-refractivity contribution is 7.96. The largest absolute Gasteiger partial charge is 0.462 e. The van der Waals surface area contributed by atoms with E-state index in [1.54, 1.807) is 7.11 Å². The van der Waals surface area contributed by atoms with E-state index in [0.29, 0.717) is 12.4 Å². The first-order valence-corrected chi connectivity index (χ1v) is 8.40. The molecule has 0 fully saturated rings. The maximum absolute atomic E-state index is 11.7. The van der Waals surface area contributed by atoms with Crippen LogP contribution in [0.15, 0.2) is 30.3 Å². The average molecular weight is 283 g/mol. The van der Waals surface area contributed by atoms with Crippen molar-refractivity contribution in [1.82, 2.24) is 0 Å². The monoisotopic (exact) mass is 283 g/mol. The van der Waals surface area contributed by atoms with Gasteiger partial charge in [-0.25, -0.2) is 4.79 Å². The van der Waals surface area contributed by atoms with Gasteiger partial charge in [-0.15, -0.1) is 0 Å². The van der Waals surface area contributed by atoms with E-state index in [9.17, 15) is 4.79 Å². The number of methoxy groups -OCH3 is 1. The average Bonchev–Trinajstić information content (AvgIpc) is 2.39. The zero-order valence-electron chi connectivity index (χ0n) is 11.9. The second kappa shape index (κ2) is 8.99. The molecular weight excluding hydrogens is 260 g/mol. The molecule has 0 N–H and O–H groups in total. The molecule has 0 radical (unpaired) electrons. The summed E-state index contributed by atoms with van der Waals surface area (Å²) in [4.78, 5) is 11.7. The fraction of sp³-hybridized carbons (Fsp3) is 0.533. The van der Waals surface area contributed by atoms with Crippen LogP contribution in [0, 0.1) is 0 Å². The molecule has 106 valence electrons. The van der Waals surface area contributed by atoms with Crippen LogP contribution < -0.4 is 0 Å². The van der Waals surface area contributed by atoms with Gasteiger partial charge in [-0.3, -0.25) is 0 Å². The highest BCUT2D eigenvalue weighted by Gasteiger charge is 2.18. The molecule has 0 aliphatic carbocycles. The highest BCUT2D eigenvalue weighted by Crippen LogP contribution is 2.07. The minimum atomic E-state index is -0.106. The van der Waals surface area contributed by atoms with Gasteiger partial charge in [0.2, 0.25) is 5.75 Å². The Kier molecular flexibility index (Phi) is 7.60. The molecule has 0 bridgehead atoms. The van der Waals surface area contributed by atoms with Gasteiger partial charge in [0.15, 0.2) is 0 Å². The summed E-state index contributed by atoms with van der Waals surface area (Å²) in [6.07, 6.45) is 2.99. The summed E-state index contributed by atoms with van der Waals surface area (Å²) < 4.78 is 10.3. The molecule has 19 heavy (non-hydrogen) atoms. The van der Waals surface area contributed by atoms with Crippen LogP contribution in [0.3, 0.4) is 0 Å². The zero-order chi connectivity index (χ0) is 14.1. The molecule has 0 heterocycles. The fourth-order valence-electron chi connectivity index (χ4n) is 1.61. The maximum atomic E-state index is 11.7. The quantitative estimate of drug-likeness (QED) is 0.543. The Morgan fingerprint density at radius 2 is 2.00 bits per heavy atom. The van der Waals surface area contributed by atoms with Crippen LogP contribution in [-0.2, 0) is 30.9 Å². The number of carbonyl (C=O) groups excluding carboxylic acids is 1. The van der Waals surface area contributed by atoms with Gasteiger partial charge in [0.25, 0.3) is 0 Å². The molecule has 1 aromatic rings. The van der Waals surface area contributed by atoms with Gasteiger partial charge in [0.05, 0.1) is 19.0 Å². The molecule has 0 aliphatic rings. The Hall–Kier alpha value is -1.00. The third-order valence-electron chi connectivity index (χ3n) is 2.81. The first-order valence-electron chi connectivity index (χ1n) is 6.43. The highest BCUT2D eigenvalue weighted by atomic mass is 32.2. The van der Waals surface area contributed by atoms with Crippen LogP contribution in [0.25, 0.3) is 0 Å². The topological polar surface area (TPSA) is 35.5 Å². The Morgan fingerprint density at radius 1 is 1.32 bits per heavy atom. The standard InChI is InChI=1S/C15H23O3S/c1-13(17-2)9-10-18-15(16)12-19(3)11-14-7-5-4-6-8-14/h4-8,13H,9-12H2,1-3H3/q+1. The van der Waals surface area contributed by atoms with Crippen LogP contribution >= 0.6 is 0 Å². The number of carbonyl (C=O) groups is 1. The SMILES string of the molecule is COC(C)CCOC(=O)C[S+](C)Cc1ccccc1. The van der Waals surface area contributed by atoms with Gasteiger partial charge in [-0.2, -0.15) is 0 Å². The minimum Gasteiger partial charge on any atom is -0.462 e. The molecule has 0 spiro atoms. The van der Waals surface area contributed by atoms with Gasteiger partial charge in [0, 0.05) is 30.0 Å². The summed E-state index contributed by atoms with van der Waals surface area (Å²) in [5.41, 5.74) is 1.27. The van der Waals surface area contributed by atoms with Crippen LogP contribution in [0.4, 0.5) is 0 Å². The number of hydrogen-bond acceptors (Lipinski definition) is 3. The lowest BCUT2D eigenvalue weighted by atomic mass is 10.2. The van der Waals surface area contributed by atoms with E-state index in [-0.39, 0.29) is 23.0 Å². The predicted molar refractivity (Wildman–Crippen MR) is 80.3 cm³/mol. The molecule has 0 aromatic heterocycles. The molecule has 3 nitrogen and oxygen atoms in total. The van der Waals surface area contributed by atoms with E-state index < -0.39 is 0 Å². The summed E-state index contributed by atoms with van der Waals surface area (Å²) in [7, 11) is 1.69. The summed E-state index contributed by atoms with van der Waals surface area (Å²) >= 11 is 0. The van der Waals surface area contributed by atoms with E-state index in [2.05, 4.69) is 18.4 Å². The van der Waals surface area contributed by atoms with E-state index >= 15 is 0 Å². The van der Waals surface area contributed by atoms with Crippen molar-refractivity contribution >= 4 is 16.9 Å². The van der Waals surface area contributed by atoms with Crippen LogP contribution in [0.5, 0.6) is 0 Å². The van der Waals surface area contributed by atoms with Crippen molar-refractivity contribution in [2.45, 2.75) is 25.2 Å². The van der Waals surface area contributed by atoms with Gasteiger partial charge in [-0.1, -0.05) is 30.3 Å².